The molecule has 5 heteroatoms. The molecule has 0 saturated heterocycles. The first-order valence-electron chi connectivity index (χ1n) is 8.15. The van der Waals surface area contributed by atoms with E-state index in [9.17, 15) is 9.90 Å². The van der Waals surface area contributed by atoms with E-state index < -0.39 is 5.97 Å². The molecule has 1 N–H and O–H groups in total. The predicted octanol–water partition coefficient (Wildman–Crippen LogP) is 2.58. The normalized spacial score (nSPS) is 19.6. The SMILES string of the molecule is O=C(O)c1cccc2c1CN(CC1COc3ccccc3O1)CC2. The highest BCUT2D eigenvalue weighted by Crippen LogP contribution is 2.31. The fourth-order valence-corrected chi connectivity index (χ4v) is 3.43. The molecule has 24 heavy (non-hydrogen) atoms. The fraction of sp³-hybridized carbons (Fsp3) is 0.316. The number of rotatable bonds is 3. The molecule has 0 fully saturated rings. The molecule has 2 aliphatic heterocycles. The first kappa shape index (κ1) is 15.0. The molecule has 5 nitrogen and oxygen atoms in total. The lowest BCUT2D eigenvalue weighted by Gasteiger charge is -2.34. The minimum Gasteiger partial charge on any atom is -0.486 e. The second-order valence-corrected chi connectivity index (χ2v) is 6.23. The highest BCUT2D eigenvalue weighted by Gasteiger charge is 2.27. The summed E-state index contributed by atoms with van der Waals surface area (Å²) >= 11 is 0. The van der Waals surface area contributed by atoms with Gasteiger partial charge in [-0.25, -0.2) is 4.79 Å². The van der Waals surface area contributed by atoms with Gasteiger partial charge < -0.3 is 14.6 Å². The molecule has 0 amide bonds. The number of carboxylic acid groups (broad SMARTS) is 1. The first-order valence-corrected chi connectivity index (χ1v) is 8.15. The van der Waals surface area contributed by atoms with Gasteiger partial charge in [-0.1, -0.05) is 24.3 Å². The van der Waals surface area contributed by atoms with Crippen LogP contribution in [0.2, 0.25) is 0 Å². The van der Waals surface area contributed by atoms with Crippen molar-refractivity contribution in [2.75, 3.05) is 19.7 Å². The van der Waals surface area contributed by atoms with Gasteiger partial charge in [0.2, 0.25) is 0 Å². The number of aromatic carboxylic acids is 1. The molecular formula is C19H19NO4. The highest BCUT2D eigenvalue weighted by molar-refractivity contribution is 5.89. The lowest BCUT2D eigenvalue weighted by molar-refractivity contribution is 0.0544. The smallest absolute Gasteiger partial charge is 0.336 e. The molecule has 0 bridgehead atoms. The van der Waals surface area contributed by atoms with Gasteiger partial charge in [0.15, 0.2) is 11.5 Å². The van der Waals surface area contributed by atoms with Crippen molar-refractivity contribution >= 4 is 5.97 Å². The van der Waals surface area contributed by atoms with Gasteiger partial charge >= 0.3 is 5.97 Å². The predicted molar refractivity (Wildman–Crippen MR) is 88.7 cm³/mol. The van der Waals surface area contributed by atoms with Gasteiger partial charge in [-0.3, -0.25) is 4.90 Å². The highest BCUT2D eigenvalue weighted by atomic mass is 16.6. The first-order chi connectivity index (χ1) is 11.7. The topological polar surface area (TPSA) is 59.0 Å². The summed E-state index contributed by atoms with van der Waals surface area (Å²) in [4.78, 5) is 13.7. The molecule has 0 aromatic heterocycles. The molecule has 2 heterocycles. The van der Waals surface area contributed by atoms with E-state index in [1.165, 1.54) is 0 Å². The standard InChI is InChI=1S/C19H19NO4/c21-19(22)15-5-3-4-13-8-9-20(11-16(13)15)10-14-12-23-17-6-1-2-7-18(17)24-14/h1-7,14H,8-12H2,(H,21,22). The molecule has 2 aromatic rings. The number of carbonyl (C=O) groups is 1. The van der Waals surface area contributed by atoms with Crippen LogP contribution >= 0.6 is 0 Å². The Bertz CT molecular complexity index is 774. The Kier molecular flexibility index (Phi) is 3.86. The van der Waals surface area contributed by atoms with E-state index in [1.807, 2.05) is 36.4 Å². The van der Waals surface area contributed by atoms with E-state index in [2.05, 4.69) is 4.90 Å². The Morgan fingerprint density at radius 2 is 2.00 bits per heavy atom. The van der Waals surface area contributed by atoms with E-state index in [-0.39, 0.29) is 6.10 Å². The van der Waals surface area contributed by atoms with Crippen molar-refractivity contribution in [2.45, 2.75) is 19.1 Å². The van der Waals surface area contributed by atoms with E-state index in [0.717, 1.165) is 42.1 Å². The fourth-order valence-electron chi connectivity index (χ4n) is 3.43. The van der Waals surface area contributed by atoms with Crippen molar-refractivity contribution in [2.24, 2.45) is 0 Å². The zero-order valence-corrected chi connectivity index (χ0v) is 13.3. The molecule has 0 saturated carbocycles. The summed E-state index contributed by atoms with van der Waals surface area (Å²) in [6.07, 6.45) is 0.819. The van der Waals surface area contributed by atoms with Crippen LogP contribution in [0.4, 0.5) is 0 Å². The number of fused-ring (bicyclic) bond motifs is 2. The lowest BCUT2D eigenvalue weighted by Crippen LogP contribution is -2.43. The zero-order chi connectivity index (χ0) is 16.5. The van der Waals surface area contributed by atoms with Gasteiger partial charge in [0.25, 0.3) is 0 Å². The van der Waals surface area contributed by atoms with Crippen LogP contribution in [0.1, 0.15) is 21.5 Å². The monoisotopic (exact) mass is 325 g/mol. The van der Waals surface area contributed by atoms with Crippen LogP contribution in [0.3, 0.4) is 0 Å². The van der Waals surface area contributed by atoms with Crippen LogP contribution in [0.5, 0.6) is 11.5 Å². The van der Waals surface area contributed by atoms with Gasteiger partial charge in [-0.2, -0.15) is 0 Å². The Morgan fingerprint density at radius 3 is 2.83 bits per heavy atom. The van der Waals surface area contributed by atoms with Crippen molar-refractivity contribution in [1.29, 1.82) is 0 Å². The number of benzene rings is 2. The number of hydrogen-bond donors (Lipinski definition) is 1. The van der Waals surface area contributed by atoms with Crippen LogP contribution in [-0.4, -0.2) is 41.8 Å². The minimum atomic E-state index is -0.861. The van der Waals surface area contributed by atoms with Gasteiger partial charge in [-0.05, 0) is 35.7 Å². The molecule has 124 valence electrons. The summed E-state index contributed by atoms with van der Waals surface area (Å²) in [6, 6.07) is 13.2. The average Bonchev–Trinajstić information content (AvgIpc) is 2.61. The summed E-state index contributed by atoms with van der Waals surface area (Å²) in [5, 5.41) is 9.39. The van der Waals surface area contributed by atoms with E-state index in [0.29, 0.717) is 18.7 Å². The number of nitrogens with zero attached hydrogens (tertiary/aromatic N) is 1. The van der Waals surface area contributed by atoms with Crippen molar-refractivity contribution in [1.82, 2.24) is 4.90 Å². The third kappa shape index (κ3) is 2.83. The minimum absolute atomic E-state index is 0.0431. The molecule has 1 atom stereocenters. The largest absolute Gasteiger partial charge is 0.486 e. The Balaban J connectivity index is 1.47. The maximum absolute atomic E-state index is 11.4. The lowest BCUT2D eigenvalue weighted by atomic mass is 9.94. The van der Waals surface area contributed by atoms with Gasteiger partial charge in [-0.15, -0.1) is 0 Å². The van der Waals surface area contributed by atoms with Crippen LogP contribution in [0.25, 0.3) is 0 Å². The zero-order valence-electron chi connectivity index (χ0n) is 13.3. The van der Waals surface area contributed by atoms with E-state index in [4.69, 9.17) is 9.47 Å². The van der Waals surface area contributed by atoms with E-state index in [1.54, 1.807) is 6.07 Å². The summed E-state index contributed by atoms with van der Waals surface area (Å²) in [7, 11) is 0. The molecular weight excluding hydrogens is 306 g/mol. The maximum atomic E-state index is 11.4. The van der Waals surface area contributed by atoms with Crippen LogP contribution in [-0.2, 0) is 13.0 Å². The number of para-hydroxylation sites is 2. The Hall–Kier alpha value is -2.53. The molecule has 0 spiro atoms. The van der Waals surface area contributed by atoms with Crippen LogP contribution in [0.15, 0.2) is 42.5 Å². The molecule has 0 radical (unpaired) electrons. The van der Waals surface area contributed by atoms with Gasteiger partial charge in [0.1, 0.15) is 12.7 Å². The van der Waals surface area contributed by atoms with Gasteiger partial charge in [0, 0.05) is 19.6 Å². The molecule has 1 unspecified atom stereocenters. The average molecular weight is 325 g/mol. The number of hydrogen-bond acceptors (Lipinski definition) is 4. The molecule has 2 aromatic carbocycles. The third-order valence-corrected chi connectivity index (χ3v) is 4.61. The number of carboxylic acids is 1. The van der Waals surface area contributed by atoms with Gasteiger partial charge in [0.05, 0.1) is 5.56 Å². The quantitative estimate of drug-likeness (QED) is 0.940. The summed E-state index contributed by atoms with van der Waals surface area (Å²) in [6.45, 7) is 2.78. The van der Waals surface area contributed by atoms with Crippen molar-refractivity contribution in [3.63, 3.8) is 0 Å². The molecule has 4 rings (SSSR count). The van der Waals surface area contributed by atoms with Crippen LogP contribution in [0, 0.1) is 0 Å². The maximum Gasteiger partial charge on any atom is 0.336 e. The third-order valence-electron chi connectivity index (χ3n) is 4.61. The Labute approximate surface area is 140 Å². The number of ether oxygens (including phenoxy) is 2. The van der Waals surface area contributed by atoms with Crippen molar-refractivity contribution < 1.29 is 19.4 Å². The summed E-state index contributed by atoms with van der Waals surface area (Å²) < 4.78 is 11.8. The van der Waals surface area contributed by atoms with Crippen LogP contribution < -0.4 is 9.47 Å². The summed E-state index contributed by atoms with van der Waals surface area (Å²) in [5.41, 5.74) is 2.47. The molecule has 0 aliphatic carbocycles. The van der Waals surface area contributed by atoms with Crippen molar-refractivity contribution in [3.8, 4) is 11.5 Å². The van der Waals surface area contributed by atoms with E-state index >= 15 is 0 Å². The van der Waals surface area contributed by atoms with Crippen molar-refractivity contribution in [3.05, 3.63) is 59.2 Å². The second kappa shape index (κ2) is 6.17. The Morgan fingerprint density at radius 1 is 1.17 bits per heavy atom. The summed E-state index contributed by atoms with van der Waals surface area (Å²) in [5.74, 6) is 0.697. The second-order valence-electron chi connectivity index (χ2n) is 6.23. The molecule has 2 aliphatic rings.